The monoisotopic (exact) mass is 291 g/mol. The number of aliphatic hydroxyl groups is 1. The van der Waals surface area contributed by atoms with Crippen LogP contribution < -0.4 is 16.4 Å². The summed E-state index contributed by atoms with van der Waals surface area (Å²) in [7, 11) is 0. The third-order valence-corrected chi connectivity index (χ3v) is 3.94. The van der Waals surface area contributed by atoms with Crippen molar-refractivity contribution in [1.29, 1.82) is 0 Å². The molecular weight excluding hydrogens is 266 g/mol. The first-order valence-electron chi connectivity index (χ1n) is 7.48. The Morgan fingerprint density at radius 2 is 2.14 bits per heavy atom. The number of hydrogen-bond donors (Lipinski definition) is 4. The van der Waals surface area contributed by atoms with E-state index in [0.717, 1.165) is 42.7 Å². The van der Waals surface area contributed by atoms with Crippen molar-refractivity contribution >= 4 is 23.0 Å². The Bertz CT molecular complexity index is 526. The van der Waals surface area contributed by atoms with Crippen molar-refractivity contribution in [3.8, 4) is 0 Å². The van der Waals surface area contributed by atoms with Crippen LogP contribution in [-0.2, 0) is 11.2 Å². The first kappa shape index (κ1) is 15.6. The normalized spacial score (nSPS) is 14.5. The van der Waals surface area contributed by atoms with Crippen LogP contribution in [0.2, 0.25) is 0 Å². The number of rotatable bonds is 6. The average Bonchev–Trinajstić information content (AvgIpc) is 2.43. The van der Waals surface area contributed by atoms with Gasteiger partial charge in [-0.1, -0.05) is 13.8 Å². The van der Waals surface area contributed by atoms with Gasteiger partial charge in [0.1, 0.15) is 0 Å². The maximum atomic E-state index is 11.4. The maximum absolute atomic E-state index is 11.4. The highest BCUT2D eigenvalue weighted by atomic mass is 16.2. The Morgan fingerprint density at radius 1 is 1.38 bits per heavy atom. The van der Waals surface area contributed by atoms with Gasteiger partial charge in [0.15, 0.2) is 0 Å². The van der Waals surface area contributed by atoms with E-state index in [9.17, 15) is 4.79 Å². The van der Waals surface area contributed by atoms with Crippen LogP contribution in [0.15, 0.2) is 12.1 Å². The molecule has 0 fully saturated rings. The van der Waals surface area contributed by atoms with Gasteiger partial charge >= 0.3 is 0 Å². The minimum Gasteiger partial charge on any atom is -0.397 e. The number of carbonyl (C=O) groups is 1. The molecule has 1 heterocycles. The number of benzene rings is 1. The van der Waals surface area contributed by atoms with E-state index < -0.39 is 0 Å². The summed E-state index contributed by atoms with van der Waals surface area (Å²) in [6.07, 6.45) is 3.04. The summed E-state index contributed by atoms with van der Waals surface area (Å²) < 4.78 is 0. The van der Waals surface area contributed by atoms with Crippen LogP contribution in [0.3, 0.4) is 0 Å². The molecule has 0 atom stereocenters. The smallest absolute Gasteiger partial charge is 0.224 e. The second kappa shape index (κ2) is 6.35. The lowest BCUT2D eigenvalue weighted by atomic mass is 9.87. The van der Waals surface area contributed by atoms with E-state index in [0.29, 0.717) is 12.1 Å². The quantitative estimate of drug-likeness (QED) is 0.606. The molecule has 1 amide bonds. The van der Waals surface area contributed by atoms with Crippen LogP contribution in [0.5, 0.6) is 0 Å². The Balaban J connectivity index is 2.05. The SMILES string of the molecule is CC(C)(CCCO)CNc1cc2c(cc1N)NC(=O)CC2. The summed E-state index contributed by atoms with van der Waals surface area (Å²) in [4.78, 5) is 11.4. The van der Waals surface area contributed by atoms with E-state index in [1.54, 1.807) is 0 Å². The molecule has 5 nitrogen and oxygen atoms in total. The third kappa shape index (κ3) is 4.11. The van der Waals surface area contributed by atoms with E-state index in [4.69, 9.17) is 10.8 Å². The highest BCUT2D eigenvalue weighted by molar-refractivity contribution is 5.95. The summed E-state index contributed by atoms with van der Waals surface area (Å²) in [5, 5.41) is 15.2. The summed E-state index contributed by atoms with van der Waals surface area (Å²) in [6, 6.07) is 3.86. The predicted molar refractivity (Wildman–Crippen MR) is 86.4 cm³/mol. The van der Waals surface area contributed by atoms with Crippen molar-refractivity contribution in [2.75, 3.05) is 29.5 Å². The molecule has 1 aliphatic heterocycles. The van der Waals surface area contributed by atoms with Crippen molar-refractivity contribution in [2.45, 2.75) is 39.5 Å². The van der Waals surface area contributed by atoms with Crippen LogP contribution in [0.1, 0.15) is 38.7 Å². The molecule has 0 radical (unpaired) electrons. The Labute approximate surface area is 125 Å². The minimum atomic E-state index is 0.0488. The molecule has 21 heavy (non-hydrogen) atoms. The molecule has 1 aliphatic rings. The fraction of sp³-hybridized carbons (Fsp3) is 0.562. The summed E-state index contributed by atoms with van der Waals surface area (Å²) >= 11 is 0. The average molecular weight is 291 g/mol. The molecule has 0 aromatic heterocycles. The number of nitrogens with two attached hydrogens (primary N) is 1. The zero-order chi connectivity index (χ0) is 15.5. The number of aliphatic hydroxyl groups excluding tert-OH is 1. The van der Waals surface area contributed by atoms with Crippen LogP contribution >= 0.6 is 0 Å². The van der Waals surface area contributed by atoms with Crippen molar-refractivity contribution < 1.29 is 9.90 Å². The van der Waals surface area contributed by atoms with Gasteiger partial charge in [-0.2, -0.15) is 0 Å². The number of nitrogen functional groups attached to an aromatic ring is 1. The second-order valence-corrected chi connectivity index (χ2v) is 6.49. The van der Waals surface area contributed by atoms with E-state index in [-0.39, 0.29) is 17.9 Å². The lowest BCUT2D eigenvalue weighted by Gasteiger charge is -2.26. The van der Waals surface area contributed by atoms with Crippen LogP contribution in [0, 0.1) is 5.41 Å². The zero-order valence-corrected chi connectivity index (χ0v) is 12.8. The van der Waals surface area contributed by atoms with Crippen molar-refractivity contribution in [3.63, 3.8) is 0 Å². The highest BCUT2D eigenvalue weighted by Gasteiger charge is 2.19. The van der Waals surface area contributed by atoms with Gasteiger partial charge in [-0.15, -0.1) is 0 Å². The molecular formula is C16H25N3O2. The van der Waals surface area contributed by atoms with Crippen LogP contribution in [-0.4, -0.2) is 24.2 Å². The molecule has 0 unspecified atom stereocenters. The van der Waals surface area contributed by atoms with Gasteiger partial charge in [0, 0.05) is 25.3 Å². The lowest BCUT2D eigenvalue weighted by molar-refractivity contribution is -0.116. The van der Waals surface area contributed by atoms with E-state index in [1.807, 2.05) is 12.1 Å². The standard InChI is InChI=1S/C16H25N3O2/c1-16(2,6-3-7-20)10-18-14-8-11-4-5-15(21)19-13(11)9-12(14)17/h8-9,18,20H,3-7,10,17H2,1-2H3,(H,19,21). The van der Waals surface area contributed by atoms with Gasteiger partial charge < -0.3 is 21.5 Å². The minimum absolute atomic E-state index is 0.0488. The summed E-state index contributed by atoms with van der Waals surface area (Å²) in [6.45, 7) is 5.36. The summed E-state index contributed by atoms with van der Waals surface area (Å²) in [5.41, 5.74) is 9.68. The van der Waals surface area contributed by atoms with Gasteiger partial charge in [0.05, 0.1) is 11.4 Å². The Hall–Kier alpha value is -1.75. The highest BCUT2D eigenvalue weighted by Crippen LogP contribution is 2.32. The molecule has 1 aromatic carbocycles. The predicted octanol–water partition coefficient (Wildman–Crippen LogP) is 2.36. The number of fused-ring (bicyclic) bond motifs is 1. The van der Waals surface area contributed by atoms with Crippen LogP contribution in [0.4, 0.5) is 17.1 Å². The Morgan fingerprint density at radius 3 is 2.86 bits per heavy atom. The van der Waals surface area contributed by atoms with Crippen LogP contribution in [0.25, 0.3) is 0 Å². The van der Waals surface area contributed by atoms with Crippen molar-refractivity contribution in [1.82, 2.24) is 0 Å². The molecule has 5 N–H and O–H groups in total. The number of amides is 1. The molecule has 0 saturated heterocycles. The van der Waals surface area contributed by atoms with E-state index in [1.165, 1.54) is 0 Å². The van der Waals surface area contributed by atoms with Gasteiger partial charge in [-0.05, 0) is 42.4 Å². The van der Waals surface area contributed by atoms with Gasteiger partial charge in [-0.3, -0.25) is 4.79 Å². The van der Waals surface area contributed by atoms with Gasteiger partial charge in [-0.25, -0.2) is 0 Å². The number of carbonyl (C=O) groups excluding carboxylic acids is 1. The number of anilines is 3. The molecule has 2 rings (SSSR count). The first-order chi connectivity index (χ1) is 9.91. The van der Waals surface area contributed by atoms with Crippen molar-refractivity contribution in [3.05, 3.63) is 17.7 Å². The molecule has 116 valence electrons. The molecule has 0 bridgehead atoms. The largest absolute Gasteiger partial charge is 0.397 e. The number of aryl methyl sites for hydroxylation is 1. The number of hydrogen-bond acceptors (Lipinski definition) is 4. The number of nitrogens with one attached hydrogen (secondary N) is 2. The molecule has 0 saturated carbocycles. The fourth-order valence-electron chi connectivity index (χ4n) is 2.58. The topological polar surface area (TPSA) is 87.4 Å². The fourth-order valence-corrected chi connectivity index (χ4v) is 2.58. The van der Waals surface area contributed by atoms with E-state index in [2.05, 4.69) is 24.5 Å². The maximum Gasteiger partial charge on any atom is 0.224 e. The molecule has 0 aliphatic carbocycles. The molecule has 1 aromatic rings. The first-order valence-corrected chi connectivity index (χ1v) is 7.48. The van der Waals surface area contributed by atoms with Gasteiger partial charge in [0.2, 0.25) is 5.91 Å². The van der Waals surface area contributed by atoms with Gasteiger partial charge in [0.25, 0.3) is 0 Å². The van der Waals surface area contributed by atoms with E-state index >= 15 is 0 Å². The second-order valence-electron chi connectivity index (χ2n) is 6.49. The third-order valence-electron chi connectivity index (χ3n) is 3.94. The van der Waals surface area contributed by atoms with Crippen molar-refractivity contribution in [2.24, 2.45) is 5.41 Å². The Kier molecular flexibility index (Phi) is 4.73. The lowest BCUT2D eigenvalue weighted by Crippen LogP contribution is -2.24. The summed E-state index contributed by atoms with van der Waals surface area (Å²) in [5.74, 6) is 0.0488. The zero-order valence-electron chi connectivity index (χ0n) is 12.8. The molecule has 0 spiro atoms. The molecule has 5 heteroatoms.